The number of aromatic nitrogens is 4. The molecule has 4 rings (SSSR count). The lowest BCUT2D eigenvalue weighted by atomic mass is 10.2. The van der Waals surface area contributed by atoms with Gasteiger partial charge in [-0.1, -0.05) is 30.3 Å². The zero-order chi connectivity index (χ0) is 17.2. The van der Waals surface area contributed by atoms with Gasteiger partial charge in [0.1, 0.15) is 5.82 Å². The predicted molar refractivity (Wildman–Crippen MR) is 93.6 cm³/mol. The van der Waals surface area contributed by atoms with Gasteiger partial charge in [0.15, 0.2) is 5.82 Å². The van der Waals surface area contributed by atoms with Crippen molar-refractivity contribution >= 4 is 5.91 Å². The highest BCUT2D eigenvalue weighted by Crippen LogP contribution is 2.29. The monoisotopic (exact) mass is 333 g/mol. The first-order valence-corrected chi connectivity index (χ1v) is 8.37. The van der Waals surface area contributed by atoms with Gasteiger partial charge >= 0.3 is 0 Å². The summed E-state index contributed by atoms with van der Waals surface area (Å²) in [7, 11) is 1.94. The summed E-state index contributed by atoms with van der Waals surface area (Å²) in [6.45, 7) is 0.507. The standard InChI is InChI=1S/C19H19N5O/c1-23-10-9-20-17(23)13-24(16-7-8-16)19(25)15-11-21-18(22-12-15)14-5-3-2-4-6-14/h2-6,9-12,16H,7-8,13H2,1H3. The third-order valence-corrected chi connectivity index (χ3v) is 4.41. The van der Waals surface area contributed by atoms with Gasteiger partial charge in [0.25, 0.3) is 5.91 Å². The molecule has 1 aliphatic carbocycles. The average molecular weight is 333 g/mol. The van der Waals surface area contributed by atoms with Crippen molar-refractivity contribution in [2.24, 2.45) is 7.05 Å². The van der Waals surface area contributed by atoms with Gasteiger partial charge in [-0.2, -0.15) is 0 Å². The van der Waals surface area contributed by atoms with E-state index in [9.17, 15) is 4.79 Å². The number of amides is 1. The molecule has 0 bridgehead atoms. The van der Waals surface area contributed by atoms with E-state index in [1.54, 1.807) is 18.6 Å². The maximum atomic E-state index is 12.9. The van der Waals surface area contributed by atoms with Crippen LogP contribution in [-0.2, 0) is 13.6 Å². The third-order valence-electron chi connectivity index (χ3n) is 4.41. The molecule has 126 valence electrons. The Bertz CT molecular complexity index is 868. The van der Waals surface area contributed by atoms with Crippen molar-refractivity contribution in [3.63, 3.8) is 0 Å². The van der Waals surface area contributed by atoms with E-state index >= 15 is 0 Å². The van der Waals surface area contributed by atoms with Gasteiger partial charge in [-0.15, -0.1) is 0 Å². The van der Waals surface area contributed by atoms with Crippen LogP contribution >= 0.6 is 0 Å². The molecular formula is C19H19N5O. The zero-order valence-corrected chi connectivity index (χ0v) is 14.0. The summed E-state index contributed by atoms with van der Waals surface area (Å²) >= 11 is 0. The first-order chi connectivity index (χ1) is 12.2. The molecule has 2 aromatic heterocycles. The molecule has 0 radical (unpaired) electrons. The van der Waals surface area contributed by atoms with Crippen LogP contribution in [0.25, 0.3) is 11.4 Å². The molecule has 0 saturated heterocycles. The number of nitrogens with zero attached hydrogens (tertiary/aromatic N) is 5. The van der Waals surface area contributed by atoms with Gasteiger partial charge in [0.2, 0.25) is 0 Å². The summed E-state index contributed by atoms with van der Waals surface area (Å²) in [5, 5.41) is 0. The molecule has 25 heavy (non-hydrogen) atoms. The number of hydrogen-bond acceptors (Lipinski definition) is 4. The van der Waals surface area contributed by atoms with Crippen molar-refractivity contribution in [3.05, 3.63) is 66.5 Å². The molecule has 0 unspecified atom stereocenters. The van der Waals surface area contributed by atoms with Crippen molar-refractivity contribution in [2.75, 3.05) is 0 Å². The van der Waals surface area contributed by atoms with Gasteiger partial charge < -0.3 is 9.47 Å². The van der Waals surface area contributed by atoms with Gasteiger partial charge in [0, 0.05) is 43.4 Å². The second-order valence-corrected chi connectivity index (χ2v) is 6.28. The third kappa shape index (κ3) is 3.28. The van der Waals surface area contributed by atoms with Gasteiger partial charge in [-0.3, -0.25) is 4.79 Å². The normalized spacial score (nSPS) is 13.6. The summed E-state index contributed by atoms with van der Waals surface area (Å²) in [5.74, 6) is 1.46. The fraction of sp³-hybridized carbons (Fsp3) is 0.263. The number of imidazole rings is 1. The minimum absolute atomic E-state index is 0.0369. The summed E-state index contributed by atoms with van der Waals surface area (Å²) in [6.07, 6.45) is 8.96. The number of hydrogen-bond donors (Lipinski definition) is 0. The molecule has 1 aromatic carbocycles. The van der Waals surface area contributed by atoms with E-state index in [-0.39, 0.29) is 11.9 Å². The molecule has 1 amide bonds. The Kier molecular flexibility index (Phi) is 4.01. The molecule has 0 aliphatic heterocycles. The Balaban J connectivity index is 1.55. The fourth-order valence-electron chi connectivity index (χ4n) is 2.79. The molecule has 0 N–H and O–H groups in total. The summed E-state index contributed by atoms with van der Waals surface area (Å²) in [6, 6.07) is 10.0. The van der Waals surface area contributed by atoms with Crippen LogP contribution < -0.4 is 0 Å². The average Bonchev–Trinajstić information content (AvgIpc) is 3.42. The molecule has 6 heteroatoms. The van der Waals surface area contributed by atoms with Crippen LogP contribution in [0.4, 0.5) is 0 Å². The smallest absolute Gasteiger partial charge is 0.257 e. The summed E-state index contributed by atoms with van der Waals surface area (Å²) in [5.41, 5.74) is 1.45. The Morgan fingerprint density at radius 2 is 1.88 bits per heavy atom. The van der Waals surface area contributed by atoms with Crippen LogP contribution in [0, 0.1) is 0 Å². The van der Waals surface area contributed by atoms with Crippen molar-refractivity contribution in [3.8, 4) is 11.4 Å². The number of aryl methyl sites for hydroxylation is 1. The van der Waals surface area contributed by atoms with Crippen LogP contribution in [0.3, 0.4) is 0 Å². The number of carbonyl (C=O) groups is 1. The highest BCUT2D eigenvalue weighted by atomic mass is 16.2. The first-order valence-electron chi connectivity index (χ1n) is 8.37. The SMILES string of the molecule is Cn1ccnc1CN(C(=O)c1cnc(-c2ccccc2)nc1)C1CC1. The Labute approximate surface area is 146 Å². The van der Waals surface area contributed by atoms with Crippen LogP contribution in [0.1, 0.15) is 29.0 Å². The number of carbonyl (C=O) groups excluding carboxylic acids is 1. The van der Waals surface area contributed by atoms with Crippen molar-refractivity contribution < 1.29 is 4.79 Å². The van der Waals surface area contributed by atoms with Crippen molar-refractivity contribution in [1.29, 1.82) is 0 Å². The first kappa shape index (κ1) is 15.5. The lowest BCUT2D eigenvalue weighted by molar-refractivity contribution is 0.0723. The van der Waals surface area contributed by atoms with Crippen LogP contribution in [-0.4, -0.2) is 36.4 Å². The van der Waals surface area contributed by atoms with Gasteiger partial charge in [-0.25, -0.2) is 15.0 Å². The lowest BCUT2D eigenvalue weighted by Crippen LogP contribution is -2.33. The van der Waals surface area contributed by atoms with Crippen LogP contribution in [0.5, 0.6) is 0 Å². The molecule has 0 spiro atoms. The van der Waals surface area contributed by atoms with Crippen molar-refractivity contribution in [1.82, 2.24) is 24.4 Å². The zero-order valence-electron chi connectivity index (χ0n) is 14.0. The second kappa shape index (κ2) is 6.47. The highest BCUT2D eigenvalue weighted by Gasteiger charge is 2.34. The maximum absolute atomic E-state index is 12.9. The Morgan fingerprint density at radius 1 is 1.16 bits per heavy atom. The lowest BCUT2D eigenvalue weighted by Gasteiger charge is -2.22. The summed E-state index contributed by atoms with van der Waals surface area (Å²) in [4.78, 5) is 27.9. The van der Waals surface area contributed by atoms with E-state index in [2.05, 4.69) is 15.0 Å². The highest BCUT2D eigenvalue weighted by molar-refractivity contribution is 5.94. The molecule has 1 saturated carbocycles. The van der Waals surface area contributed by atoms with E-state index in [1.165, 1.54) is 0 Å². The van der Waals surface area contributed by atoms with E-state index in [0.717, 1.165) is 24.2 Å². The van der Waals surface area contributed by atoms with Gasteiger partial charge in [0.05, 0.1) is 12.1 Å². The molecule has 2 heterocycles. The summed E-state index contributed by atoms with van der Waals surface area (Å²) < 4.78 is 1.94. The topological polar surface area (TPSA) is 63.9 Å². The van der Waals surface area contributed by atoms with E-state index < -0.39 is 0 Å². The minimum Gasteiger partial charge on any atom is -0.337 e. The molecule has 6 nitrogen and oxygen atoms in total. The quantitative estimate of drug-likeness (QED) is 0.720. The minimum atomic E-state index is -0.0369. The Morgan fingerprint density at radius 3 is 2.48 bits per heavy atom. The number of rotatable bonds is 5. The van der Waals surface area contributed by atoms with E-state index in [0.29, 0.717) is 17.9 Å². The molecule has 3 aromatic rings. The largest absolute Gasteiger partial charge is 0.337 e. The van der Waals surface area contributed by atoms with Gasteiger partial charge in [-0.05, 0) is 12.8 Å². The molecule has 0 atom stereocenters. The molecular weight excluding hydrogens is 314 g/mol. The maximum Gasteiger partial charge on any atom is 0.257 e. The fourth-order valence-corrected chi connectivity index (χ4v) is 2.79. The predicted octanol–water partition coefficient (Wildman–Crippen LogP) is 2.68. The second-order valence-electron chi connectivity index (χ2n) is 6.28. The van der Waals surface area contributed by atoms with Crippen LogP contribution in [0.2, 0.25) is 0 Å². The van der Waals surface area contributed by atoms with E-state index in [4.69, 9.17) is 0 Å². The molecule has 1 aliphatic rings. The molecule has 1 fully saturated rings. The van der Waals surface area contributed by atoms with E-state index in [1.807, 2.05) is 53.0 Å². The Hall–Kier alpha value is -3.02. The van der Waals surface area contributed by atoms with Crippen LogP contribution in [0.15, 0.2) is 55.1 Å². The van der Waals surface area contributed by atoms with Crippen molar-refractivity contribution in [2.45, 2.75) is 25.4 Å². The number of benzene rings is 1.